The first-order valence-corrected chi connectivity index (χ1v) is 6.09. The SMILES string of the molecule is CCCS(=O)(=O)Nc1ccc(C#N)cn1. The lowest BCUT2D eigenvalue weighted by atomic mass is 10.3. The van der Waals surface area contributed by atoms with E-state index in [9.17, 15) is 8.42 Å². The van der Waals surface area contributed by atoms with Gasteiger partial charge in [0.1, 0.15) is 11.9 Å². The van der Waals surface area contributed by atoms with Gasteiger partial charge in [0, 0.05) is 6.20 Å². The van der Waals surface area contributed by atoms with Gasteiger partial charge in [0.2, 0.25) is 10.0 Å². The largest absolute Gasteiger partial charge is 0.267 e. The normalized spacial score (nSPS) is 10.7. The molecule has 0 saturated heterocycles. The van der Waals surface area contributed by atoms with E-state index >= 15 is 0 Å². The molecule has 1 heterocycles. The van der Waals surface area contributed by atoms with Crippen LogP contribution in [0.25, 0.3) is 0 Å². The van der Waals surface area contributed by atoms with Crippen molar-refractivity contribution in [1.29, 1.82) is 5.26 Å². The minimum absolute atomic E-state index is 0.0642. The summed E-state index contributed by atoms with van der Waals surface area (Å²) in [6.07, 6.45) is 1.87. The van der Waals surface area contributed by atoms with Gasteiger partial charge >= 0.3 is 0 Å². The van der Waals surface area contributed by atoms with Crippen molar-refractivity contribution in [3.8, 4) is 6.07 Å². The van der Waals surface area contributed by atoms with Crippen molar-refractivity contribution >= 4 is 15.8 Å². The number of aromatic nitrogens is 1. The van der Waals surface area contributed by atoms with E-state index in [1.54, 1.807) is 6.92 Å². The third-order valence-corrected chi connectivity index (χ3v) is 3.09. The van der Waals surface area contributed by atoms with Crippen molar-refractivity contribution in [3.63, 3.8) is 0 Å². The molecule has 80 valence electrons. The Balaban J connectivity index is 2.78. The highest BCUT2D eigenvalue weighted by atomic mass is 32.2. The maximum absolute atomic E-state index is 11.3. The second kappa shape index (κ2) is 4.75. The molecule has 0 aromatic carbocycles. The number of hydrogen-bond donors (Lipinski definition) is 1. The second-order valence-corrected chi connectivity index (χ2v) is 4.81. The van der Waals surface area contributed by atoms with Gasteiger partial charge in [-0.3, -0.25) is 4.72 Å². The highest BCUT2D eigenvalue weighted by molar-refractivity contribution is 7.92. The van der Waals surface area contributed by atoms with E-state index in [1.165, 1.54) is 18.3 Å². The van der Waals surface area contributed by atoms with Crippen molar-refractivity contribution in [2.24, 2.45) is 0 Å². The average Bonchev–Trinajstić information content (AvgIpc) is 2.18. The molecule has 0 atom stereocenters. The van der Waals surface area contributed by atoms with Crippen LogP contribution < -0.4 is 4.72 Å². The fourth-order valence-electron chi connectivity index (χ4n) is 0.999. The van der Waals surface area contributed by atoms with Gasteiger partial charge in [-0.2, -0.15) is 5.26 Å². The molecular formula is C9H11N3O2S. The number of sulfonamides is 1. The topological polar surface area (TPSA) is 82.9 Å². The summed E-state index contributed by atoms with van der Waals surface area (Å²) in [5.41, 5.74) is 0.397. The van der Waals surface area contributed by atoms with Crippen molar-refractivity contribution in [3.05, 3.63) is 23.9 Å². The number of pyridine rings is 1. The lowest BCUT2D eigenvalue weighted by Crippen LogP contribution is -2.16. The van der Waals surface area contributed by atoms with Crippen molar-refractivity contribution in [2.75, 3.05) is 10.5 Å². The monoisotopic (exact) mass is 225 g/mol. The molecule has 0 fully saturated rings. The molecule has 0 spiro atoms. The highest BCUT2D eigenvalue weighted by Crippen LogP contribution is 2.06. The van der Waals surface area contributed by atoms with Crippen LogP contribution in [0.5, 0.6) is 0 Å². The number of nitriles is 1. The molecule has 15 heavy (non-hydrogen) atoms. The quantitative estimate of drug-likeness (QED) is 0.831. The molecule has 0 aliphatic rings. The Bertz CT molecular complexity index is 459. The first kappa shape index (κ1) is 11.5. The van der Waals surface area contributed by atoms with E-state index in [-0.39, 0.29) is 11.6 Å². The van der Waals surface area contributed by atoms with E-state index in [0.717, 1.165) is 0 Å². The Hall–Kier alpha value is -1.61. The molecule has 0 bridgehead atoms. The third kappa shape index (κ3) is 3.56. The Kier molecular flexibility index (Phi) is 3.63. The Morgan fingerprint density at radius 2 is 2.27 bits per heavy atom. The zero-order valence-electron chi connectivity index (χ0n) is 8.27. The Morgan fingerprint density at radius 3 is 2.73 bits per heavy atom. The average molecular weight is 225 g/mol. The third-order valence-electron chi connectivity index (χ3n) is 1.63. The van der Waals surface area contributed by atoms with Crippen LogP contribution in [0.1, 0.15) is 18.9 Å². The molecule has 0 saturated carbocycles. The van der Waals surface area contributed by atoms with Crippen molar-refractivity contribution in [2.45, 2.75) is 13.3 Å². The maximum Gasteiger partial charge on any atom is 0.233 e. The summed E-state index contributed by atoms with van der Waals surface area (Å²) in [4.78, 5) is 3.80. The van der Waals surface area contributed by atoms with Crippen LogP contribution in [0, 0.1) is 11.3 Å². The summed E-state index contributed by atoms with van der Waals surface area (Å²) in [5.74, 6) is 0.303. The summed E-state index contributed by atoms with van der Waals surface area (Å²) >= 11 is 0. The minimum Gasteiger partial charge on any atom is -0.267 e. The van der Waals surface area contributed by atoms with Crippen LogP contribution in [-0.2, 0) is 10.0 Å². The molecule has 5 nitrogen and oxygen atoms in total. The second-order valence-electron chi connectivity index (χ2n) is 2.96. The number of hydrogen-bond acceptors (Lipinski definition) is 4. The number of rotatable bonds is 4. The van der Waals surface area contributed by atoms with Gasteiger partial charge in [-0.05, 0) is 18.6 Å². The van der Waals surface area contributed by atoms with Gasteiger partial charge in [-0.1, -0.05) is 6.92 Å². The number of anilines is 1. The van der Waals surface area contributed by atoms with E-state index in [0.29, 0.717) is 12.0 Å². The van der Waals surface area contributed by atoms with Gasteiger partial charge in [0.05, 0.1) is 11.3 Å². The maximum atomic E-state index is 11.3. The summed E-state index contributed by atoms with van der Waals surface area (Å²) in [6.45, 7) is 1.78. The fourth-order valence-corrected chi connectivity index (χ4v) is 2.08. The first-order valence-electron chi connectivity index (χ1n) is 4.44. The van der Waals surface area contributed by atoms with Crippen LogP contribution in [0.4, 0.5) is 5.82 Å². The van der Waals surface area contributed by atoms with Gasteiger partial charge in [-0.15, -0.1) is 0 Å². The van der Waals surface area contributed by atoms with Gasteiger partial charge in [0.15, 0.2) is 0 Å². The molecule has 1 N–H and O–H groups in total. The number of nitrogens with one attached hydrogen (secondary N) is 1. The van der Waals surface area contributed by atoms with Crippen LogP contribution in [0.15, 0.2) is 18.3 Å². The Morgan fingerprint density at radius 1 is 1.53 bits per heavy atom. The minimum atomic E-state index is -3.30. The van der Waals surface area contributed by atoms with E-state index < -0.39 is 10.0 Å². The van der Waals surface area contributed by atoms with E-state index in [1.807, 2.05) is 6.07 Å². The molecule has 0 aliphatic carbocycles. The van der Waals surface area contributed by atoms with Gasteiger partial charge in [-0.25, -0.2) is 13.4 Å². The Labute approximate surface area is 88.8 Å². The van der Waals surface area contributed by atoms with E-state index in [4.69, 9.17) is 5.26 Å². The van der Waals surface area contributed by atoms with Crippen molar-refractivity contribution in [1.82, 2.24) is 4.98 Å². The molecule has 1 aromatic heterocycles. The van der Waals surface area contributed by atoms with Gasteiger partial charge in [0.25, 0.3) is 0 Å². The molecule has 6 heteroatoms. The summed E-state index contributed by atoms with van der Waals surface area (Å²) < 4.78 is 25.0. The van der Waals surface area contributed by atoms with E-state index in [2.05, 4.69) is 9.71 Å². The zero-order valence-corrected chi connectivity index (χ0v) is 9.08. The van der Waals surface area contributed by atoms with Crippen LogP contribution in [0.3, 0.4) is 0 Å². The lowest BCUT2D eigenvalue weighted by molar-refractivity contribution is 0.599. The zero-order chi connectivity index (χ0) is 11.3. The summed E-state index contributed by atoms with van der Waals surface area (Å²) in [5, 5.41) is 8.52. The highest BCUT2D eigenvalue weighted by Gasteiger charge is 2.08. The number of nitrogens with zero attached hydrogens (tertiary/aromatic N) is 2. The molecule has 0 radical (unpaired) electrons. The molecule has 1 rings (SSSR count). The summed E-state index contributed by atoms with van der Waals surface area (Å²) in [6, 6.07) is 4.88. The van der Waals surface area contributed by atoms with Crippen LogP contribution in [0.2, 0.25) is 0 Å². The standard InChI is InChI=1S/C9H11N3O2S/c1-2-5-15(13,14)12-9-4-3-8(6-10)7-11-9/h3-4,7H,2,5H2,1H3,(H,11,12). The van der Waals surface area contributed by atoms with Crippen LogP contribution >= 0.6 is 0 Å². The predicted molar refractivity (Wildman–Crippen MR) is 56.7 cm³/mol. The molecule has 0 aliphatic heterocycles. The van der Waals surface area contributed by atoms with Crippen LogP contribution in [-0.4, -0.2) is 19.2 Å². The predicted octanol–water partition coefficient (Wildman–Crippen LogP) is 1.10. The molecular weight excluding hydrogens is 214 g/mol. The van der Waals surface area contributed by atoms with Crippen molar-refractivity contribution < 1.29 is 8.42 Å². The molecule has 0 amide bonds. The lowest BCUT2D eigenvalue weighted by Gasteiger charge is -2.05. The molecule has 1 aromatic rings. The molecule has 0 unspecified atom stereocenters. The fraction of sp³-hybridized carbons (Fsp3) is 0.333. The first-order chi connectivity index (χ1) is 7.07. The van der Waals surface area contributed by atoms with Gasteiger partial charge < -0.3 is 0 Å². The summed E-state index contributed by atoms with van der Waals surface area (Å²) in [7, 11) is -3.30. The smallest absolute Gasteiger partial charge is 0.233 e.